The first-order valence-corrected chi connectivity index (χ1v) is 8.42. The monoisotopic (exact) mass is 367 g/mol. The fraction of sp³-hybridized carbons (Fsp3) is 0.471. The largest absolute Gasteiger partial charge is 0.497 e. The molecule has 1 heterocycles. The maximum Gasteiger partial charge on any atom is 0.264 e. The summed E-state index contributed by atoms with van der Waals surface area (Å²) in [6.07, 6.45) is -0.214. The van der Waals surface area contributed by atoms with E-state index < -0.39 is 6.10 Å². The molecule has 0 aromatic heterocycles. The van der Waals surface area contributed by atoms with Crippen LogP contribution < -0.4 is 15.4 Å². The van der Waals surface area contributed by atoms with Gasteiger partial charge in [0, 0.05) is 31.0 Å². The molecule has 0 fully saturated rings. The van der Waals surface area contributed by atoms with Crippen LogP contribution in [0.25, 0.3) is 0 Å². The van der Waals surface area contributed by atoms with Crippen LogP contribution in [0, 0.1) is 0 Å². The Bertz CT molecular complexity index is 676. The third-order valence-corrected chi connectivity index (χ3v) is 3.88. The van der Waals surface area contributed by atoms with E-state index in [-0.39, 0.29) is 30.8 Å². The predicted molar refractivity (Wildman–Crippen MR) is 94.9 cm³/mol. The molecule has 1 atom stereocenters. The molecule has 0 saturated carbocycles. The van der Waals surface area contributed by atoms with Gasteiger partial charge in [-0.15, -0.1) is 0 Å². The van der Waals surface area contributed by atoms with Crippen LogP contribution in [0.1, 0.15) is 32.3 Å². The normalized spacial score (nSPS) is 16.2. The van der Waals surface area contributed by atoms with Crippen molar-refractivity contribution in [2.24, 2.45) is 5.16 Å². The van der Waals surface area contributed by atoms with Crippen LogP contribution in [-0.4, -0.2) is 43.3 Å². The van der Waals surface area contributed by atoms with Gasteiger partial charge in [-0.3, -0.25) is 9.59 Å². The highest BCUT2D eigenvalue weighted by molar-refractivity contribution is 6.34. The molecule has 2 amide bonds. The molecule has 2 rings (SSSR count). The molecule has 1 aliphatic heterocycles. The molecule has 7 nitrogen and oxygen atoms in total. The van der Waals surface area contributed by atoms with E-state index in [1.54, 1.807) is 25.3 Å². The molecule has 0 spiro atoms. The van der Waals surface area contributed by atoms with Crippen LogP contribution in [0.2, 0.25) is 5.02 Å². The van der Waals surface area contributed by atoms with Gasteiger partial charge in [-0.25, -0.2) is 0 Å². The van der Waals surface area contributed by atoms with Gasteiger partial charge >= 0.3 is 0 Å². The van der Waals surface area contributed by atoms with Crippen molar-refractivity contribution in [2.45, 2.75) is 38.8 Å². The molecule has 0 saturated heterocycles. The molecular formula is C17H22ClN3O4. The van der Waals surface area contributed by atoms with E-state index in [4.69, 9.17) is 21.2 Å². The minimum absolute atomic E-state index is 0.0740. The maximum absolute atomic E-state index is 12.1. The van der Waals surface area contributed by atoms with E-state index in [0.29, 0.717) is 28.5 Å². The molecule has 1 aromatic carbocycles. The lowest BCUT2D eigenvalue weighted by Gasteiger charge is -2.11. The fourth-order valence-corrected chi connectivity index (χ4v) is 2.56. The van der Waals surface area contributed by atoms with Crippen LogP contribution in [-0.2, 0) is 14.4 Å². The lowest BCUT2D eigenvalue weighted by molar-refractivity contribution is -0.131. The van der Waals surface area contributed by atoms with Gasteiger partial charge < -0.3 is 20.2 Å². The number of carbonyl (C=O) groups excluding carboxylic acids is 2. The lowest BCUT2D eigenvalue weighted by atomic mass is 10.0. The smallest absolute Gasteiger partial charge is 0.264 e. The second-order valence-electron chi connectivity index (χ2n) is 5.95. The Morgan fingerprint density at radius 3 is 2.88 bits per heavy atom. The summed E-state index contributed by atoms with van der Waals surface area (Å²) in [6.45, 7) is 4.00. The number of benzene rings is 1. The van der Waals surface area contributed by atoms with E-state index in [1.807, 2.05) is 13.8 Å². The molecule has 2 N–H and O–H groups in total. The number of hydrogen-bond acceptors (Lipinski definition) is 5. The van der Waals surface area contributed by atoms with Gasteiger partial charge in [-0.2, -0.15) is 0 Å². The highest BCUT2D eigenvalue weighted by atomic mass is 35.5. The Kier molecular flexibility index (Phi) is 6.64. The number of carbonyl (C=O) groups is 2. The van der Waals surface area contributed by atoms with Crippen molar-refractivity contribution in [3.8, 4) is 5.75 Å². The summed E-state index contributed by atoms with van der Waals surface area (Å²) < 4.78 is 5.17. The number of nitrogens with one attached hydrogen (secondary N) is 2. The topological polar surface area (TPSA) is 89.0 Å². The zero-order valence-corrected chi connectivity index (χ0v) is 15.2. The summed E-state index contributed by atoms with van der Waals surface area (Å²) in [6, 6.07) is 5.28. The molecule has 1 aromatic rings. The van der Waals surface area contributed by atoms with Gasteiger partial charge in [0.1, 0.15) is 5.75 Å². The molecule has 136 valence electrons. The third-order valence-electron chi connectivity index (χ3n) is 3.55. The number of nitrogens with zero attached hydrogens (tertiary/aromatic N) is 1. The molecule has 0 bridgehead atoms. The molecular weight excluding hydrogens is 346 g/mol. The van der Waals surface area contributed by atoms with Gasteiger partial charge in [0.2, 0.25) is 12.0 Å². The summed E-state index contributed by atoms with van der Waals surface area (Å²) in [5.41, 5.74) is 1.26. The van der Waals surface area contributed by atoms with Crippen molar-refractivity contribution in [2.75, 3.05) is 13.7 Å². The van der Waals surface area contributed by atoms with Gasteiger partial charge in [0.25, 0.3) is 5.91 Å². The minimum Gasteiger partial charge on any atom is -0.497 e. The number of methoxy groups -OCH3 is 1. The molecule has 0 radical (unpaired) electrons. The summed E-state index contributed by atoms with van der Waals surface area (Å²) in [4.78, 5) is 28.9. The van der Waals surface area contributed by atoms with Crippen molar-refractivity contribution in [3.05, 3.63) is 28.8 Å². The summed E-state index contributed by atoms with van der Waals surface area (Å²) >= 11 is 6.18. The Morgan fingerprint density at radius 1 is 1.44 bits per heavy atom. The highest BCUT2D eigenvalue weighted by Crippen LogP contribution is 2.26. The van der Waals surface area contributed by atoms with Crippen LogP contribution in [0.3, 0.4) is 0 Å². The quantitative estimate of drug-likeness (QED) is 0.770. The molecule has 0 aliphatic carbocycles. The van der Waals surface area contributed by atoms with Crippen molar-refractivity contribution >= 4 is 29.1 Å². The third kappa shape index (κ3) is 5.35. The minimum atomic E-state index is -0.731. The zero-order valence-electron chi connectivity index (χ0n) is 14.5. The van der Waals surface area contributed by atoms with Crippen LogP contribution in [0.15, 0.2) is 23.4 Å². The first-order valence-electron chi connectivity index (χ1n) is 8.04. The van der Waals surface area contributed by atoms with Gasteiger partial charge in [0.05, 0.1) is 17.8 Å². The Balaban J connectivity index is 1.85. The first-order chi connectivity index (χ1) is 11.9. The molecule has 25 heavy (non-hydrogen) atoms. The SMILES string of the molecule is COc1ccc(Cl)c(C2=NO[C@@H](C(=O)NCCC(=O)NC(C)C)C2)c1. The number of ether oxygens (including phenoxy) is 1. The predicted octanol–water partition coefficient (Wildman–Crippen LogP) is 1.87. The van der Waals surface area contributed by atoms with Crippen molar-refractivity contribution in [1.82, 2.24) is 10.6 Å². The summed E-state index contributed by atoms with van der Waals surface area (Å²) in [7, 11) is 1.56. The van der Waals surface area contributed by atoms with E-state index in [0.717, 1.165) is 0 Å². The highest BCUT2D eigenvalue weighted by Gasteiger charge is 2.29. The zero-order chi connectivity index (χ0) is 18.4. The average molecular weight is 368 g/mol. The van der Waals surface area contributed by atoms with Crippen LogP contribution >= 0.6 is 11.6 Å². The summed E-state index contributed by atoms with van der Waals surface area (Å²) in [5.74, 6) is 0.226. The van der Waals surface area contributed by atoms with E-state index in [2.05, 4.69) is 15.8 Å². The molecule has 0 unspecified atom stereocenters. The molecule has 1 aliphatic rings. The van der Waals surface area contributed by atoms with E-state index >= 15 is 0 Å². The standard InChI is InChI=1S/C17H22ClN3O4/c1-10(2)20-16(22)6-7-19-17(23)15-9-14(21-25-15)12-8-11(24-3)4-5-13(12)18/h4-5,8,10,15H,6-7,9H2,1-3H3,(H,19,23)(H,20,22)/t15-/m1/s1. The number of rotatable bonds is 7. The van der Waals surface area contributed by atoms with Gasteiger partial charge in [0.15, 0.2) is 0 Å². The number of halogens is 1. The van der Waals surface area contributed by atoms with Crippen LogP contribution in [0.4, 0.5) is 0 Å². The average Bonchev–Trinajstić information content (AvgIpc) is 3.04. The van der Waals surface area contributed by atoms with Crippen molar-refractivity contribution in [1.29, 1.82) is 0 Å². The Labute approximate surface area is 151 Å². The number of oxime groups is 1. The van der Waals surface area contributed by atoms with Gasteiger partial charge in [-0.1, -0.05) is 16.8 Å². The van der Waals surface area contributed by atoms with Crippen molar-refractivity contribution in [3.63, 3.8) is 0 Å². The second kappa shape index (κ2) is 8.71. The number of hydrogen-bond donors (Lipinski definition) is 2. The fourth-order valence-electron chi connectivity index (χ4n) is 2.34. The van der Waals surface area contributed by atoms with Gasteiger partial charge in [-0.05, 0) is 32.0 Å². The van der Waals surface area contributed by atoms with Crippen molar-refractivity contribution < 1.29 is 19.2 Å². The lowest BCUT2D eigenvalue weighted by Crippen LogP contribution is -2.38. The van der Waals surface area contributed by atoms with E-state index in [1.165, 1.54) is 0 Å². The Hall–Kier alpha value is -2.28. The van der Waals surface area contributed by atoms with Crippen LogP contribution in [0.5, 0.6) is 5.75 Å². The second-order valence-corrected chi connectivity index (χ2v) is 6.35. The number of amides is 2. The summed E-state index contributed by atoms with van der Waals surface area (Å²) in [5, 5.41) is 9.92. The maximum atomic E-state index is 12.1. The van der Waals surface area contributed by atoms with E-state index in [9.17, 15) is 9.59 Å². The first kappa shape index (κ1) is 19.1. The Morgan fingerprint density at radius 2 is 2.20 bits per heavy atom. The molecule has 8 heteroatoms.